The fraction of sp³-hybridized carbons (Fsp3) is 0.652. The van der Waals surface area contributed by atoms with Crippen molar-refractivity contribution in [2.75, 3.05) is 57.3 Å². The number of carbonyl (C=O) groups excluding carboxylic acids is 2. The number of Topliss-reactive ketones (excluding diaryl/α,β-unsaturated/α-hetero) is 1. The first-order valence-electron chi connectivity index (χ1n) is 11.3. The highest BCUT2D eigenvalue weighted by atomic mass is 19.1. The summed E-state index contributed by atoms with van der Waals surface area (Å²) < 4.78 is 19.6. The lowest BCUT2D eigenvalue weighted by molar-refractivity contribution is -0.147. The van der Waals surface area contributed by atoms with Crippen molar-refractivity contribution in [3.8, 4) is 5.75 Å². The van der Waals surface area contributed by atoms with Crippen molar-refractivity contribution in [1.82, 2.24) is 9.80 Å². The Morgan fingerprint density at radius 1 is 1.00 bits per heavy atom. The Morgan fingerprint density at radius 3 is 2.53 bits per heavy atom. The Hall–Kier alpha value is -2.15. The minimum atomic E-state index is -0.294. The van der Waals surface area contributed by atoms with Crippen LogP contribution in [0.4, 0.5) is 10.1 Å². The van der Waals surface area contributed by atoms with E-state index < -0.39 is 0 Å². The van der Waals surface area contributed by atoms with Gasteiger partial charge in [0.2, 0.25) is 5.78 Å². The van der Waals surface area contributed by atoms with Crippen LogP contribution in [0.15, 0.2) is 18.2 Å². The van der Waals surface area contributed by atoms with E-state index in [2.05, 4.69) is 16.7 Å². The molecule has 2 aliphatic rings. The van der Waals surface area contributed by atoms with Gasteiger partial charge < -0.3 is 14.5 Å². The van der Waals surface area contributed by atoms with Crippen LogP contribution in [0, 0.1) is 5.82 Å². The van der Waals surface area contributed by atoms with Crippen LogP contribution in [0.5, 0.6) is 5.75 Å². The molecule has 6 nitrogen and oxygen atoms in total. The number of carbonyl (C=O) groups is 2. The van der Waals surface area contributed by atoms with Crippen LogP contribution >= 0.6 is 0 Å². The highest BCUT2D eigenvalue weighted by Gasteiger charge is 2.25. The van der Waals surface area contributed by atoms with Gasteiger partial charge in [0.05, 0.1) is 12.3 Å². The zero-order valence-corrected chi connectivity index (χ0v) is 18.1. The molecule has 0 spiro atoms. The Morgan fingerprint density at radius 2 is 1.77 bits per heavy atom. The van der Waals surface area contributed by atoms with E-state index in [9.17, 15) is 14.0 Å². The first-order valence-corrected chi connectivity index (χ1v) is 11.3. The van der Waals surface area contributed by atoms with Crippen molar-refractivity contribution in [3.05, 3.63) is 24.0 Å². The fourth-order valence-corrected chi connectivity index (χ4v) is 4.13. The number of piperazine rings is 1. The Labute approximate surface area is 179 Å². The van der Waals surface area contributed by atoms with Gasteiger partial charge in [0.25, 0.3) is 5.91 Å². The highest BCUT2D eigenvalue weighted by Crippen LogP contribution is 2.30. The van der Waals surface area contributed by atoms with Gasteiger partial charge in [-0.15, -0.1) is 0 Å². The summed E-state index contributed by atoms with van der Waals surface area (Å²) in [4.78, 5) is 29.7. The molecule has 1 amide bonds. The summed E-state index contributed by atoms with van der Waals surface area (Å²) in [5.74, 6) is 0.000262. The highest BCUT2D eigenvalue weighted by molar-refractivity contribution is 6.36. The number of ketones is 1. The average molecular weight is 420 g/mol. The van der Waals surface area contributed by atoms with Crippen molar-refractivity contribution < 1.29 is 18.7 Å². The first kappa shape index (κ1) is 22.5. The van der Waals surface area contributed by atoms with E-state index in [-0.39, 0.29) is 17.5 Å². The second-order valence-electron chi connectivity index (χ2n) is 8.17. The van der Waals surface area contributed by atoms with E-state index in [4.69, 9.17) is 4.74 Å². The molecule has 0 unspecified atom stereocenters. The molecular weight excluding hydrogens is 385 g/mol. The van der Waals surface area contributed by atoms with Crippen LogP contribution < -0.4 is 9.64 Å². The predicted octanol–water partition coefficient (Wildman–Crippen LogP) is 3.10. The van der Waals surface area contributed by atoms with Gasteiger partial charge in [-0.2, -0.15) is 0 Å². The number of ether oxygens (including phenoxy) is 1. The predicted molar refractivity (Wildman–Crippen MR) is 116 cm³/mol. The molecule has 0 radical (unpaired) electrons. The molecule has 1 aromatic carbocycles. The smallest absolute Gasteiger partial charge is 0.289 e. The van der Waals surface area contributed by atoms with Gasteiger partial charge in [-0.25, -0.2) is 4.39 Å². The van der Waals surface area contributed by atoms with Crippen molar-refractivity contribution >= 4 is 17.4 Å². The maximum atomic E-state index is 13.8. The minimum Gasteiger partial charge on any atom is -0.491 e. The largest absolute Gasteiger partial charge is 0.491 e. The summed E-state index contributed by atoms with van der Waals surface area (Å²) in [5.41, 5.74) is 0.851. The lowest BCUT2D eigenvalue weighted by Crippen LogP contribution is -2.46. The van der Waals surface area contributed by atoms with Crippen molar-refractivity contribution in [2.45, 2.75) is 45.4 Å². The van der Waals surface area contributed by atoms with Crippen LogP contribution in [0.25, 0.3) is 0 Å². The minimum absolute atomic E-state index is 0.231. The van der Waals surface area contributed by atoms with Crippen LogP contribution in [0.2, 0.25) is 0 Å². The number of amides is 1. The zero-order chi connectivity index (χ0) is 21.3. The van der Waals surface area contributed by atoms with Gasteiger partial charge in [0.15, 0.2) is 0 Å². The third-order valence-electron chi connectivity index (χ3n) is 5.86. The molecule has 0 atom stereocenters. The maximum Gasteiger partial charge on any atom is 0.289 e. The van der Waals surface area contributed by atoms with E-state index >= 15 is 0 Å². The quantitative estimate of drug-likeness (QED) is 0.431. The lowest BCUT2D eigenvalue weighted by Gasteiger charge is -2.36. The molecule has 0 aromatic heterocycles. The number of anilines is 1. The summed E-state index contributed by atoms with van der Waals surface area (Å²) >= 11 is 0. The van der Waals surface area contributed by atoms with Crippen LogP contribution in [0.1, 0.15) is 45.4 Å². The number of benzene rings is 1. The fourth-order valence-electron chi connectivity index (χ4n) is 4.13. The second-order valence-corrected chi connectivity index (χ2v) is 8.17. The van der Waals surface area contributed by atoms with E-state index in [1.807, 2.05) is 0 Å². The Bertz CT molecular complexity index is 720. The number of hydrogen-bond acceptors (Lipinski definition) is 5. The molecule has 2 aliphatic heterocycles. The topological polar surface area (TPSA) is 53.1 Å². The van der Waals surface area contributed by atoms with Gasteiger partial charge in [-0.3, -0.25) is 14.5 Å². The molecule has 0 aliphatic carbocycles. The summed E-state index contributed by atoms with van der Waals surface area (Å²) in [6, 6.07) is 4.76. The number of hydrogen-bond donors (Lipinski definition) is 0. The molecule has 0 saturated carbocycles. The third kappa shape index (κ3) is 6.17. The molecule has 1 aromatic rings. The standard InChI is InChI=1S/C23H34FN3O3/c1-2-17-30-22-9-8-19(24)18-20(22)26-15-13-25(14-16-26)10-4-3-5-11-27-12-6-7-21(28)23(27)29/h8-9,18H,2-7,10-17H2,1H3. The zero-order valence-electron chi connectivity index (χ0n) is 18.1. The summed E-state index contributed by atoms with van der Waals surface area (Å²) in [6.07, 6.45) is 5.21. The summed E-state index contributed by atoms with van der Waals surface area (Å²) in [7, 11) is 0. The van der Waals surface area contributed by atoms with E-state index in [1.54, 1.807) is 17.0 Å². The van der Waals surface area contributed by atoms with Gasteiger partial charge in [-0.1, -0.05) is 13.3 Å². The number of likely N-dealkylation sites (tertiary alicyclic amines) is 1. The van der Waals surface area contributed by atoms with Gasteiger partial charge in [0.1, 0.15) is 11.6 Å². The van der Waals surface area contributed by atoms with E-state index in [1.165, 1.54) is 6.07 Å². The molecule has 30 heavy (non-hydrogen) atoms. The van der Waals surface area contributed by atoms with Crippen LogP contribution in [0.3, 0.4) is 0 Å². The number of rotatable bonds is 10. The van der Waals surface area contributed by atoms with Gasteiger partial charge in [-0.05, 0) is 44.4 Å². The normalized spacial score (nSPS) is 18.2. The summed E-state index contributed by atoms with van der Waals surface area (Å²) in [5, 5.41) is 0. The molecular formula is C23H34FN3O3. The molecule has 0 bridgehead atoms. The third-order valence-corrected chi connectivity index (χ3v) is 5.86. The van der Waals surface area contributed by atoms with Crippen molar-refractivity contribution in [1.29, 1.82) is 0 Å². The van der Waals surface area contributed by atoms with E-state index in [0.29, 0.717) is 19.6 Å². The molecule has 0 N–H and O–H groups in total. The Balaban J connectivity index is 1.36. The molecule has 2 heterocycles. The van der Waals surface area contributed by atoms with Gasteiger partial charge >= 0.3 is 0 Å². The second kappa shape index (κ2) is 11.3. The maximum absolute atomic E-state index is 13.8. The molecule has 2 saturated heterocycles. The SMILES string of the molecule is CCCOc1ccc(F)cc1N1CCN(CCCCCN2CCCC(=O)C2=O)CC1. The van der Waals surface area contributed by atoms with Crippen molar-refractivity contribution in [3.63, 3.8) is 0 Å². The number of halogens is 1. The summed E-state index contributed by atoms with van der Waals surface area (Å²) in [6.45, 7) is 8.75. The van der Waals surface area contributed by atoms with Crippen LogP contribution in [-0.2, 0) is 9.59 Å². The van der Waals surface area contributed by atoms with Crippen LogP contribution in [-0.4, -0.2) is 73.9 Å². The monoisotopic (exact) mass is 419 g/mol. The first-order chi connectivity index (χ1) is 14.6. The molecule has 7 heteroatoms. The van der Waals surface area contributed by atoms with Gasteiger partial charge in [0, 0.05) is 51.8 Å². The lowest BCUT2D eigenvalue weighted by atomic mass is 10.1. The number of piperidine rings is 1. The number of unbranched alkanes of at least 4 members (excludes halogenated alkanes) is 2. The molecule has 2 fully saturated rings. The van der Waals surface area contributed by atoms with E-state index in [0.717, 1.165) is 82.8 Å². The van der Waals surface area contributed by atoms with Crippen molar-refractivity contribution in [2.24, 2.45) is 0 Å². The average Bonchev–Trinajstić information content (AvgIpc) is 2.76. The Kier molecular flexibility index (Phi) is 8.49. The number of nitrogens with zero attached hydrogens (tertiary/aromatic N) is 3. The molecule has 3 rings (SSSR count). The molecule has 166 valence electrons.